The van der Waals surface area contributed by atoms with Crippen molar-refractivity contribution < 1.29 is 13.5 Å². The number of rotatable bonds is 6. The first-order valence-electron chi connectivity index (χ1n) is 6.32. The number of sulfonamides is 1. The molecular weight excluding hydrogens is 264 g/mol. The van der Waals surface area contributed by atoms with Crippen molar-refractivity contribution in [3.8, 4) is 0 Å². The van der Waals surface area contributed by atoms with Crippen LogP contribution in [0.15, 0.2) is 17.0 Å². The van der Waals surface area contributed by atoms with E-state index in [-0.39, 0.29) is 11.4 Å². The third kappa shape index (κ3) is 4.19. The highest BCUT2D eigenvalue weighted by atomic mass is 32.2. The summed E-state index contributed by atoms with van der Waals surface area (Å²) in [6.45, 7) is 5.42. The molecule has 108 valence electrons. The van der Waals surface area contributed by atoms with Crippen molar-refractivity contribution in [1.29, 1.82) is 0 Å². The molecule has 1 unspecified atom stereocenters. The average molecular weight is 286 g/mol. The average Bonchev–Trinajstić information content (AvgIpc) is 2.31. The summed E-state index contributed by atoms with van der Waals surface area (Å²) >= 11 is 0. The van der Waals surface area contributed by atoms with Gasteiger partial charge in [-0.1, -0.05) is 13.3 Å². The van der Waals surface area contributed by atoms with E-state index in [0.717, 1.165) is 12.0 Å². The Labute approximate surface area is 114 Å². The lowest BCUT2D eigenvalue weighted by Gasteiger charge is -2.14. The van der Waals surface area contributed by atoms with Gasteiger partial charge in [0.15, 0.2) is 0 Å². The number of hydrogen-bond acceptors (Lipinski definition) is 4. The minimum atomic E-state index is -3.64. The number of aliphatic hydroxyl groups is 1. The molecule has 0 aliphatic heterocycles. The van der Waals surface area contributed by atoms with E-state index in [1.165, 1.54) is 0 Å². The van der Waals surface area contributed by atoms with E-state index >= 15 is 0 Å². The lowest BCUT2D eigenvalue weighted by atomic mass is 10.1. The van der Waals surface area contributed by atoms with E-state index < -0.39 is 16.1 Å². The lowest BCUT2D eigenvalue weighted by Crippen LogP contribution is -2.32. The summed E-state index contributed by atoms with van der Waals surface area (Å²) in [5, 5.41) is 9.59. The molecule has 1 aromatic carbocycles. The van der Waals surface area contributed by atoms with Crippen LogP contribution in [0.5, 0.6) is 0 Å². The van der Waals surface area contributed by atoms with Crippen molar-refractivity contribution in [2.24, 2.45) is 0 Å². The summed E-state index contributed by atoms with van der Waals surface area (Å²) in [4.78, 5) is 0.175. The quantitative estimate of drug-likeness (QED) is 0.688. The molecule has 0 saturated carbocycles. The molecule has 0 saturated heterocycles. The zero-order chi connectivity index (χ0) is 14.6. The Bertz CT molecular complexity index is 541. The molecule has 1 rings (SSSR count). The monoisotopic (exact) mass is 286 g/mol. The van der Waals surface area contributed by atoms with Crippen LogP contribution in [-0.4, -0.2) is 26.2 Å². The largest absolute Gasteiger partial charge is 0.398 e. The van der Waals surface area contributed by atoms with Crippen LogP contribution in [0.25, 0.3) is 0 Å². The molecule has 0 amide bonds. The molecule has 1 aromatic rings. The van der Waals surface area contributed by atoms with Gasteiger partial charge in [0.2, 0.25) is 10.0 Å². The Balaban J connectivity index is 2.95. The topological polar surface area (TPSA) is 92.4 Å². The molecule has 6 heteroatoms. The zero-order valence-electron chi connectivity index (χ0n) is 11.6. The number of hydrogen-bond donors (Lipinski definition) is 3. The predicted octanol–water partition coefficient (Wildman–Crippen LogP) is 1.32. The maximum atomic E-state index is 12.2. The van der Waals surface area contributed by atoms with Gasteiger partial charge in [0, 0.05) is 12.2 Å². The van der Waals surface area contributed by atoms with Crippen molar-refractivity contribution >= 4 is 15.7 Å². The number of aryl methyl sites for hydroxylation is 1. The molecule has 0 spiro atoms. The third-order valence-corrected chi connectivity index (χ3v) is 4.51. The van der Waals surface area contributed by atoms with Crippen molar-refractivity contribution in [1.82, 2.24) is 4.72 Å². The molecule has 0 aromatic heterocycles. The number of nitrogens with two attached hydrogens (primary N) is 1. The number of benzene rings is 1. The first-order valence-corrected chi connectivity index (χ1v) is 7.80. The standard InChI is InChI=1S/C13H22N2O3S/c1-4-5-11(16)8-15-19(17,18)13-7-9(2)6-12(14)10(13)3/h6-7,11,15-16H,4-5,8,14H2,1-3H3. The normalized spacial score (nSPS) is 13.5. The van der Waals surface area contributed by atoms with E-state index in [2.05, 4.69) is 4.72 Å². The first kappa shape index (κ1) is 15.9. The first-order chi connectivity index (χ1) is 8.77. The summed E-state index contributed by atoms with van der Waals surface area (Å²) in [5.41, 5.74) is 7.55. The highest BCUT2D eigenvalue weighted by Crippen LogP contribution is 2.22. The minimum absolute atomic E-state index is 0.0173. The molecule has 1 atom stereocenters. The fourth-order valence-corrected chi connectivity index (χ4v) is 3.28. The molecule has 4 N–H and O–H groups in total. The summed E-state index contributed by atoms with van der Waals surface area (Å²) in [5.74, 6) is 0. The van der Waals surface area contributed by atoms with Gasteiger partial charge in [-0.2, -0.15) is 0 Å². The molecular formula is C13H22N2O3S. The SMILES string of the molecule is CCCC(O)CNS(=O)(=O)c1cc(C)cc(N)c1C. The van der Waals surface area contributed by atoms with Crippen molar-refractivity contribution in [2.75, 3.05) is 12.3 Å². The summed E-state index contributed by atoms with van der Waals surface area (Å²) < 4.78 is 26.8. The predicted molar refractivity (Wildman–Crippen MR) is 76.4 cm³/mol. The highest BCUT2D eigenvalue weighted by Gasteiger charge is 2.19. The van der Waals surface area contributed by atoms with Crippen molar-refractivity contribution in [3.05, 3.63) is 23.3 Å². The summed E-state index contributed by atoms with van der Waals surface area (Å²) in [6.07, 6.45) is 0.707. The second-order valence-electron chi connectivity index (χ2n) is 4.77. The summed E-state index contributed by atoms with van der Waals surface area (Å²) in [7, 11) is -3.64. The van der Waals surface area contributed by atoms with E-state index in [0.29, 0.717) is 17.7 Å². The van der Waals surface area contributed by atoms with Gasteiger partial charge >= 0.3 is 0 Å². The van der Waals surface area contributed by atoms with Crippen molar-refractivity contribution in [2.45, 2.75) is 44.6 Å². The number of anilines is 1. The molecule has 0 aliphatic carbocycles. The Morgan fingerprint density at radius 1 is 1.37 bits per heavy atom. The number of nitrogen functional groups attached to an aromatic ring is 1. The van der Waals surface area contributed by atoms with Crippen molar-refractivity contribution in [3.63, 3.8) is 0 Å². The van der Waals surface area contributed by atoms with Crippen LogP contribution in [0.3, 0.4) is 0 Å². The van der Waals surface area contributed by atoms with Crippen LogP contribution in [-0.2, 0) is 10.0 Å². The maximum absolute atomic E-state index is 12.2. The molecule has 0 radical (unpaired) electrons. The third-order valence-electron chi connectivity index (χ3n) is 2.96. The molecule has 0 bridgehead atoms. The second-order valence-corrected chi connectivity index (χ2v) is 6.51. The zero-order valence-corrected chi connectivity index (χ0v) is 12.4. The van der Waals surface area contributed by atoms with Gasteiger partial charge in [-0.15, -0.1) is 0 Å². The maximum Gasteiger partial charge on any atom is 0.241 e. The van der Waals surface area contributed by atoms with Gasteiger partial charge in [0.1, 0.15) is 0 Å². The smallest absolute Gasteiger partial charge is 0.241 e. The fraction of sp³-hybridized carbons (Fsp3) is 0.538. The van der Waals surface area contributed by atoms with Crippen LogP contribution < -0.4 is 10.5 Å². The van der Waals surface area contributed by atoms with Crippen LogP contribution in [0.1, 0.15) is 30.9 Å². The molecule has 19 heavy (non-hydrogen) atoms. The molecule has 0 heterocycles. The van der Waals surface area contributed by atoms with E-state index in [9.17, 15) is 13.5 Å². The molecule has 0 aliphatic rings. The molecule has 5 nitrogen and oxygen atoms in total. The van der Waals surface area contributed by atoms with Gasteiger partial charge in [-0.25, -0.2) is 13.1 Å². The van der Waals surface area contributed by atoms with Gasteiger partial charge in [0.25, 0.3) is 0 Å². The fourth-order valence-electron chi connectivity index (χ4n) is 1.85. The molecule has 0 fully saturated rings. The van der Waals surface area contributed by atoms with E-state index in [1.807, 2.05) is 6.92 Å². The Kier molecular flexibility index (Phi) is 5.34. The number of aliphatic hydroxyl groups excluding tert-OH is 1. The van der Waals surface area contributed by atoms with Gasteiger partial charge in [-0.3, -0.25) is 0 Å². The Hall–Kier alpha value is -1.11. The van der Waals surface area contributed by atoms with Crippen LogP contribution in [0, 0.1) is 13.8 Å². The van der Waals surface area contributed by atoms with Gasteiger partial charge in [0.05, 0.1) is 11.0 Å². The van der Waals surface area contributed by atoms with E-state index in [1.54, 1.807) is 26.0 Å². The Morgan fingerprint density at radius 2 is 2.00 bits per heavy atom. The van der Waals surface area contributed by atoms with Crippen LogP contribution >= 0.6 is 0 Å². The lowest BCUT2D eigenvalue weighted by molar-refractivity contribution is 0.167. The van der Waals surface area contributed by atoms with Crippen LogP contribution in [0.2, 0.25) is 0 Å². The minimum Gasteiger partial charge on any atom is -0.398 e. The summed E-state index contributed by atoms with van der Waals surface area (Å²) in [6, 6.07) is 3.32. The van der Waals surface area contributed by atoms with E-state index in [4.69, 9.17) is 5.73 Å². The Morgan fingerprint density at radius 3 is 2.58 bits per heavy atom. The van der Waals surface area contributed by atoms with Gasteiger partial charge in [-0.05, 0) is 43.5 Å². The second kappa shape index (κ2) is 6.36. The highest BCUT2D eigenvalue weighted by molar-refractivity contribution is 7.89. The number of nitrogens with one attached hydrogen (secondary N) is 1. The van der Waals surface area contributed by atoms with Gasteiger partial charge < -0.3 is 10.8 Å². The van der Waals surface area contributed by atoms with Crippen LogP contribution in [0.4, 0.5) is 5.69 Å².